The molecule has 94 valence electrons. The number of halogens is 1. The molecule has 1 aromatic carbocycles. The summed E-state index contributed by atoms with van der Waals surface area (Å²) in [5.74, 6) is 1.93. The van der Waals surface area contributed by atoms with Crippen molar-refractivity contribution in [3.63, 3.8) is 0 Å². The van der Waals surface area contributed by atoms with Crippen LogP contribution >= 0.6 is 0 Å². The first kappa shape index (κ1) is 13.9. The van der Waals surface area contributed by atoms with Crippen molar-refractivity contribution in [2.75, 3.05) is 6.54 Å². The van der Waals surface area contributed by atoms with E-state index < -0.39 is 10.2 Å². The van der Waals surface area contributed by atoms with E-state index >= 15 is 0 Å². The highest BCUT2D eigenvalue weighted by atomic mass is 32.3. The normalized spacial score (nSPS) is 11.1. The Hall–Kier alpha value is -2.13. The molecular weight excluding hydrogens is 257 g/mol. The van der Waals surface area contributed by atoms with Crippen molar-refractivity contribution in [2.24, 2.45) is 0 Å². The third kappa shape index (κ3) is 4.80. The highest BCUT2D eigenvalue weighted by Gasteiger charge is 2.03. The predicted molar refractivity (Wildman–Crippen MR) is 66.7 cm³/mol. The third-order valence-electron chi connectivity index (χ3n) is 1.95. The van der Waals surface area contributed by atoms with E-state index in [0.29, 0.717) is 16.5 Å². The molecule has 0 aromatic heterocycles. The van der Waals surface area contributed by atoms with E-state index in [2.05, 4.69) is 11.2 Å². The maximum absolute atomic E-state index is 12.2. The largest absolute Gasteiger partial charge is 0.341 e. The van der Waals surface area contributed by atoms with Crippen molar-refractivity contribution in [3.05, 3.63) is 40.8 Å². The van der Waals surface area contributed by atoms with Crippen molar-refractivity contribution in [2.45, 2.75) is 0 Å². The summed E-state index contributed by atoms with van der Waals surface area (Å²) in [6.07, 6.45) is 6.09. The smallest absolute Gasteiger partial charge is 0.325 e. The molecule has 0 saturated carbocycles. The quantitative estimate of drug-likeness (QED) is 0.661. The minimum absolute atomic E-state index is 0.126. The Morgan fingerprint density at radius 3 is 2.50 bits per heavy atom. The van der Waals surface area contributed by atoms with Crippen molar-refractivity contribution < 1.29 is 17.1 Å². The van der Waals surface area contributed by atoms with Crippen LogP contribution in [0.2, 0.25) is 0 Å². The van der Waals surface area contributed by atoms with Crippen LogP contribution in [-0.2, 0) is 10.2 Å². The maximum atomic E-state index is 12.2. The number of nitrogens with one attached hydrogen (secondary N) is 1. The zero-order valence-electron chi connectivity index (χ0n) is 9.26. The van der Waals surface area contributed by atoms with Gasteiger partial charge in [0.1, 0.15) is 0 Å². The van der Waals surface area contributed by atoms with Crippen molar-refractivity contribution in [3.8, 4) is 12.3 Å². The molecule has 0 spiro atoms. The Bertz CT molecular complexity index is 597. The van der Waals surface area contributed by atoms with Gasteiger partial charge in [0.05, 0.1) is 12.0 Å². The van der Waals surface area contributed by atoms with Gasteiger partial charge >= 0.3 is 10.2 Å². The molecule has 0 aliphatic carbocycles. The number of terminal acetylenes is 1. The Morgan fingerprint density at radius 1 is 1.39 bits per heavy atom. The van der Waals surface area contributed by atoms with Crippen LogP contribution in [0.15, 0.2) is 29.7 Å². The van der Waals surface area contributed by atoms with Crippen LogP contribution in [0.1, 0.15) is 15.9 Å². The second kappa shape index (κ2) is 5.98. The van der Waals surface area contributed by atoms with Crippen LogP contribution in [-0.4, -0.2) is 20.9 Å². The maximum Gasteiger partial charge on any atom is 0.325 e. The summed E-state index contributed by atoms with van der Waals surface area (Å²) in [4.78, 5) is 11.5. The summed E-state index contributed by atoms with van der Waals surface area (Å²) in [7, 11) is -4.64. The Morgan fingerprint density at radius 2 is 2.00 bits per heavy atom. The molecule has 0 bridgehead atoms. The Labute approximate surface area is 105 Å². The molecule has 1 aromatic rings. The summed E-state index contributed by atoms with van der Waals surface area (Å²) in [6.45, 7) is 0.126. The van der Waals surface area contributed by atoms with Gasteiger partial charge in [-0.15, -0.1) is 10.3 Å². The lowest BCUT2D eigenvalue weighted by molar-refractivity contribution is 0.0958. The van der Waals surface area contributed by atoms with Gasteiger partial charge in [-0.2, -0.15) is 8.42 Å². The average molecular weight is 267 g/mol. The second-order valence-corrected chi connectivity index (χ2v) is 4.51. The third-order valence-corrected chi connectivity index (χ3v) is 2.41. The molecule has 0 heterocycles. The summed E-state index contributed by atoms with van der Waals surface area (Å²) in [5.41, 5.74) is 0.843. The topological polar surface area (TPSA) is 63.2 Å². The lowest BCUT2D eigenvalue weighted by Crippen LogP contribution is -2.23. The van der Waals surface area contributed by atoms with E-state index in [0.717, 1.165) is 6.08 Å². The van der Waals surface area contributed by atoms with E-state index in [-0.39, 0.29) is 12.5 Å². The number of benzene rings is 1. The average Bonchev–Trinajstić information content (AvgIpc) is 2.33. The van der Waals surface area contributed by atoms with Gasteiger partial charge in [0, 0.05) is 5.56 Å². The highest BCUT2D eigenvalue weighted by molar-refractivity contribution is 7.89. The lowest BCUT2D eigenvalue weighted by Gasteiger charge is -2.01. The lowest BCUT2D eigenvalue weighted by atomic mass is 10.1. The number of hydrogen-bond acceptors (Lipinski definition) is 3. The molecule has 0 aliphatic rings. The van der Waals surface area contributed by atoms with Gasteiger partial charge in [0.15, 0.2) is 0 Å². The Balaban J connectivity index is 2.78. The minimum Gasteiger partial charge on any atom is -0.341 e. The van der Waals surface area contributed by atoms with Crippen molar-refractivity contribution in [1.29, 1.82) is 0 Å². The predicted octanol–water partition coefficient (Wildman–Crippen LogP) is 1.32. The second-order valence-electron chi connectivity index (χ2n) is 3.29. The monoisotopic (exact) mass is 267 g/mol. The van der Waals surface area contributed by atoms with Crippen LogP contribution < -0.4 is 5.32 Å². The van der Waals surface area contributed by atoms with Gasteiger partial charge < -0.3 is 5.32 Å². The van der Waals surface area contributed by atoms with E-state index in [1.807, 2.05) is 0 Å². The standard InChI is InChI=1S/C12H10FNO3S/c1-2-8-14-12(15)11-5-3-10(4-6-11)7-9-18(13,16)17/h1,3-7,9H,8H2,(H,14,15)/b9-7+. The van der Waals surface area contributed by atoms with E-state index in [9.17, 15) is 17.1 Å². The molecule has 1 rings (SSSR count). The zero-order chi connectivity index (χ0) is 13.6. The summed E-state index contributed by atoms with van der Waals surface area (Å²) < 4.78 is 32.7. The van der Waals surface area contributed by atoms with Crippen molar-refractivity contribution >= 4 is 22.2 Å². The van der Waals surface area contributed by atoms with Crippen LogP contribution in [0, 0.1) is 12.3 Å². The fourth-order valence-corrected chi connectivity index (χ4v) is 1.46. The molecule has 0 aliphatic heterocycles. The first-order chi connectivity index (χ1) is 8.42. The van der Waals surface area contributed by atoms with Gasteiger partial charge in [0.25, 0.3) is 5.91 Å². The SMILES string of the molecule is C#CCNC(=O)c1ccc(/C=C/S(=O)(=O)F)cc1. The van der Waals surface area contributed by atoms with Gasteiger partial charge in [-0.05, 0) is 23.8 Å². The first-order valence-corrected chi connectivity index (χ1v) is 6.31. The van der Waals surface area contributed by atoms with E-state index in [1.54, 1.807) is 0 Å². The molecule has 18 heavy (non-hydrogen) atoms. The summed E-state index contributed by atoms with van der Waals surface area (Å²) in [5, 5.41) is 2.92. The van der Waals surface area contributed by atoms with Crippen molar-refractivity contribution in [1.82, 2.24) is 5.32 Å². The zero-order valence-corrected chi connectivity index (χ0v) is 10.1. The first-order valence-electron chi connectivity index (χ1n) is 4.87. The number of carbonyl (C=O) groups excluding carboxylic acids is 1. The number of amides is 1. The fourth-order valence-electron chi connectivity index (χ4n) is 1.14. The van der Waals surface area contributed by atoms with E-state index in [4.69, 9.17) is 6.42 Å². The van der Waals surface area contributed by atoms with Gasteiger partial charge in [-0.25, -0.2) is 0 Å². The minimum atomic E-state index is -4.64. The number of hydrogen-bond donors (Lipinski definition) is 1. The van der Waals surface area contributed by atoms with Crippen LogP contribution in [0.3, 0.4) is 0 Å². The van der Waals surface area contributed by atoms with Crippen LogP contribution in [0.4, 0.5) is 3.89 Å². The number of rotatable bonds is 4. The molecule has 0 unspecified atom stereocenters. The molecule has 0 fully saturated rings. The van der Waals surface area contributed by atoms with E-state index in [1.165, 1.54) is 24.3 Å². The molecule has 1 N–H and O–H groups in total. The van der Waals surface area contributed by atoms with Crippen LogP contribution in [0.5, 0.6) is 0 Å². The number of carbonyl (C=O) groups is 1. The fraction of sp³-hybridized carbons (Fsp3) is 0.0833. The molecule has 4 nitrogen and oxygen atoms in total. The molecule has 1 amide bonds. The summed E-state index contributed by atoms with van der Waals surface area (Å²) >= 11 is 0. The summed E-state index contributed by atoms with van der Waals surface area (Å²) in [6, 6.07) is 5.95. The molecule has 6 heteroatoms. The highest BCUT2D eigenvalue weighted by Crippen LogP contribution is 2.08. The molecular formula is C12H10FNO3S. The van der Waals surface area contributed by atoms with Gasteiger partial charge in [0.2, 0.25) is 0 Å². The van der Waals surface area contributed by atoms with Crippen LogP contribution in [0.25, 0.3) is 6.08 Å². The van der Waals surface area contributed by atoms with Gasteiger partial charge in [-0.1, -0.05) is 18.1 Å². The molecule has 0 atom stereocenters. The molecule has 0 radical (unpaired) electrons. The molecule has 0 saturated heterocycles. The Kier molecular flexibility index (Phi) is 4.63. The van der Waals surface area contributed by atoms with Gasteiger partial charge in [-0.3, -0.25) is 4.79 Å².